The lowest BCUT2D eigenvalue weighted by atomic mass is 10.2. The lowest BCUT2D eigenvalue weighted by Crippen LogP contribution is -2.27. The van der Waals surface area contributed by atoms with Gasteiger partial charge in [-0.2, -0.15) is 0 Å². The number of hydrogen-bond donors (Lipinski definition) is 2. The Hall–Kier alpha value is -2.52. The third-order valence-corrected chi connectivity index (χ3v) is 6.03. The Bertz CT molecular complexity index is 940. The molecule has 142 valence electrons. The second-order valence-corrected chi connectivity index (χ2v) is 8.34. The molecular weight excluding hydrogens is 386 g/mol. The number of anilines is 1. The van der Waals surface area contributed by atoms with Crippen molar-refractivity contribution in [3.05, 3.63) is 54.1 Å². The first-order valence-corrected chi connectivity index (χ1v) is 10.8. The summed E-state index contributed by atoms with van der Waals surface area (Å²) >= 11 is 1.37. The Morgan fingerprint density at radius 2 is 1.85 bits per heavy atom. The molecule has 3 rings (SSSR count). The molecule has 2 N–H and O–H groups in total. The van der Waals surface area contributed by atoms with Crippen LogP contribution in [0.1, 0.15) is 17.3 Å². The summed E-state index contributed by atoms with van der Waals surface area (Å²) < 4.78 is 32.5. The van der Waals surface area contributed by atoms with Crippen LogP contribution in [0.3, 0.4) is 0 Å². The van der Waals surface area contributed by atoms with E-state index in [-0.39, 0.29) is 10.8 Å². The zero-order valence-electron chi connectivity index (χ0n) is 14.6. The fourth-order valence-electron chi connectivity index (χ4n) is 2.36. The van der Waals surface area contributed by atoms with Gasteiger partial charge in [-0.15, -0.1) is 0 Å². The van der Waals surface area contributed by atoms with Crippen molar-refractivity contribution >= 4 is 38.5 Å². The number of carbonyl (C=O) groups excluding carboxylic acids is 1. The molecule has 2 aromatic rings. The van der Waals surface area contributed by atoms with Crippen LogP contribution in [0, 0.1) is 0 Å². The number of hydrogen-bond acceptors (Lipinski definition) is 6. The Labute approximate surface area is 162 Å². The molecule has 0 atom stereocenters. The molecule has 0 saturated carbocycles. The molecule has 2 aromatic carbocycles. The molecule has 0 aromatic heterocycles. The van der Waals surface area contributed by atoms with Gasteiger partial charge < -0.3 is 10.1 Å². The van der Waals surface area contributed by atoms with E-state index in [0.717, 1.165) is 5.75 Å². The lowest BCUT2D eigenvalue weighted by Gasteiger charge is -2.09. The van der Waals surface area contributed by atoms with E-state index < -0.39 is 10.0 Å². The number of aliphatic imine (C=N–C) groups is 1. The topological polar surface area (TPSA) is 96.9 Å². The van der Waals surface area contributed by atoms with Gasteiger partial charge in [-0.05, 0) is 55.5 Å². The molecule has 0 fully saturated rings. The van der Waals surface area contributed by atoms with Gasteiger partial charge in [-0.1, -0.05) is 11.8 Å². The van der Waals surface area contributed by atoms with Gasteiger partial charge in [0.1, 0.15) is 5.75 Å². The van der Waals surface area contributed by atoms with Crippen molar-refractivity contribution in [3.8, 4) is 5.75 Å². The Morgan fingerprint density at radius 1 is 1.15 bits per heavy atom. The van der Waals surface area contributed by atoms with Gasteiger partial charge in [-0.25, -0.2) is 8.42 Å². The van der Waals surface area contributed by atoms with Crippen LogP contribution in [0.25, 0.3) is 0 Å². The zero-order chi connectivity index (χ0) is 19.3. The predicted octanol–water partition coefficient (Wildman–Crippen LogP) is 2.72. The first-order valence-electron chi connectivity index (χ1n) is 8.32. The van der Waals surface area contributed by atoms with Gasteiger partial charge in [0, 0.05) is 17.0 Å². The third kappa shape index (κ3) is 5.01. The monoisotopic (exact) mass is 405 g/mol. The van der Waals surface area contributed by atoms with Gasteiger partial charge in [0.05, 0.1) is 18.0 Å². The van der Waals surface area contributed by atoms with Crippen molar-refractivity contribution in [2.75, 3.05) is 24.2 Å². The normalized spacial score (nSPS) is 13.7. The van der Waals surface area contributed by atoms with E-state index in [4.69, 9.17) is 4.74 Å². The third-order valence-electron chi connectivity index (χ3n) is 3.66. The summed E-state index contributed by atoms with van der Waals surface area (Å²) in [6, 6.07) is 12.8. The zero-order valence-corrected chi connectivity index (χ0v) is 16.3. The van der Waals surface area contributed by atoms with E-state index in [0.29, 0.717) is 35.3 Å². The standard InChI is InChI=1S/C18H19N3O4S2/c1-2-25-15-7-3-13(4-8-15)17(22)20-14-5-9-16(10-6-14)27(23,24)21-18-19-11-12-26-18/h3-10H,2,11-12H2,1H3,(H,19,21)(H,20,22). The van der Waals surface area contributed by atoms with Crippen molar-refractivity contribution < 1.29 is 17.9 Å². The summed E-state index contributed by atoms with van der Waals surface area (Å²) in [4.78, 5) is 16.5. The summed E-state index contributed by atoms with van der Waals surface area (Å²) in [5.41, 5.74) is 0.980. The van der Waals surface area contributed by atoms with Crippen LogP contribution < -0.4 is 14.8 Å². The fraction of sp³-hybridized carbons (Fsp3) is 0.222. The van der Waals surface area contributed by atoms with E-state index in [1.807, 2.05) is 6.92 Å². The maximum atomic E-state index is 12.3. The molecule has 27 heavy (non-hydrogen) atoms. The van der Waals surface area contributed by atoms with Gasteiger partial charge in [0.2, 0.25) is 0 Å². The van der Waals surface area contributed by atoms with Crippen LogP contribution >= 0.6 is 11.8 Å². The second kappa shape index (κ2) is 8.45. The van der Waals surface area contributed by atoms with Crippen molar-refractivity contribution in [1.29, 1.82) is 0 Å². The molecule has 9 heteroatoms. The van der Waals surface area contributed by atoms with E-state index >= 15 is 0 Å². The maximum Gasteiger partial charge on any atom is 0.263 e. The Balaban J connectivity index is 1.65. The lowest BCUT2D eigenvalue weighted by molar-refractivity contribution is 0.102. The summed E-state index contributed by atoms with van der Waals surface area (Å²) in [7, 11) is -3.68. The van der Waals surface area contributed by atoms with Gasteiger partial charge in [0.25, 0.3) is 15.9 Å². The second-order valence-electron chi connectivity index (χ2n) is 5.58. The molecule has 0 aliphatic carbocycles. The molecule has 7 nitrogen and oxygen atoms in total. The number of thioether (sulfide) groups is 1. The van der Waals surface area contributed by atoms with E-state index in [1.54, 1.807) is 36.4 Å². The van der Waals surface area contributed by atoms with Crippen molar-refractivity contribution in [3.63, 3.8) is 0 Å². The number of nitrogens with one attached hydrogen (secondary N) is 2. The molecule has 1 aliphatic rings. The number of ether oxygens (including phenoxy) is 1. The van der Waals surface area contributed by atoms with Crippen LogP contribution in [-0.4, -0.2) is 38.4 Å². The van der Waals surface area contributed by atoms with Crippen LogP contribution in [-0.2, 0) is 10.0 Å². The van der Waals surface area contributed by atoms with E-state index in [2.05, 4.69) is 15.0 Å². The number of amides is 1. The minimum atomic E-state index is -3.68. The molecule has 1 amide bonds. The number of sulfonamides is 1. The average molecular weight is 406 g/mol. The number of rotatable bonds is 6. The molecule has 0 radical (unpaired) electrons. The number of nitrogens with zero attached hydrogens (tertiary/aromatic N) is 1. The summed E-state index contributed by atoms with van der Waals surface area (Å²) in [6.07, 6.45) is 0. The molecule has 0 bridgehead atoms. The van der Waals surface area contributed by atoms with Crippen molar-refractivity contribution in [2.45, 2.75) is 11.8 Å². The van der Waals surface area contributed by atoms with Gasteiger partial charge >= 0.3 is 0 Å². The first kappa shape index (κ1) is 19.2. The highest BCUT2D eigenvalue weighted by molar-refractivity contribution is 8.15. The van der Waals surface area contributed by atoms with Gasteiger partial charge in [-0.3, -0.25) is 14.5 Å². The molecule has 0 spiro atoms. The number of benzene rings is 2. The maximum absolute atomic E-state index is 12.3. The quantitative estimate of drug-likeness (QED) is 0.770. The van der Waals surface area contributed by atoms with Crippen molar-refractivity contribution in [1.82, 2.24) is 4.72 Å². The highest BCUT2D eigenvalue weighted by Gasteiger charge is 2.18. The highest BCUT2D eigenvalue weighted by atomic mass is 32.2. The van der Waals surface area contributed by atoms with Crippen LogP contribution in [0.5, 0.6) is 5.75 Å². The van der Waals surface area contributed by atoms with Crippen molar-refractivity contribution in [2.24, 2.45) is 4.99 Å². The smallest absolute Gasteiger partial charge is 0.263 e. The molecule has 1 aliphatic heterocycles. The minimum absolute atomic E-state index is 0.108. The molecular formula is C18H19N3O4S2. The van der Waals surface area contributed by atoms with E-state index in [1.165, 1.54) is 23.9 Å². The Morgan fingerprint density at radius 3 is 2.44 bits per heavy atom. The Kier molecular flexibility index (Phi) is 6.02. The molecule has 1 heterocycles. The average Bonchev–Trinajstić information content (AvgIpc) is 3.15. The minimum Gasteiger partial charge on any atom is -0.494 e. The highest BCUT2D eigenvalue weighted by Crippen LogP contribution is 2.18. The SMILES string of the molecule is CCOc1ccc(C(=O)Nc2ccc(S(=O)(=O)NC3=NCCS3)cc2)cc1. The van der Waals surface area contributed by atoms with E-state index in [9.17, 15) is 13.2 Å². The molecule has 0 unspecified atom stereocenters. The molecule has 0 saturated heterocycles. The fourth-order valence-corrected chi connectivity index (χ4v) is 4.39. The predicted molar refractivity (Wildman–Crippen MR) is 107 cm³/mol. The number of carbonyl (C=O) groups is 1. The summed E-state index contributed by atoms with van der Waals surface area (Å²) in [5.74, 6) is 1.18. The summed E-state index contributed by atoms with van der Waals surface area (Å²) in [5, 5.41) is 3.14. The van der Waals surface area contributed by atoms with Crippen LogP contribution in [0.15, 0.2) is 58.4 Å². The largest absolute Gasteiger partial charge is 0.494 e. The number of amidine groups is 1. The van der Waals surface area contributed by atoms with Crippen LogP contribution in [0.2, 0.25) is 0 Å². The first-order chi connectivity index (χ1) is 13.0. The van der Waals surface area contributed by atoms with Crippen LogP contribution in [0.4, 0.5) is 5.69 Å². The summed E-state index contributed by atoms with van der Waals surface area (Å²) in [6.45, 7) is 3.06. The van der Waals surface area contributed by atoms with Gasteiger partial charge in [0.15, 0.2) is 5.17 Å².